The third-order valence-corrected chi connectivity index (χ3v) is 5.22. The number of amides is 1. The number of hydrogen-bond donors (Lipinski definition) is 1. The molecule has 1 atom stereocenters. The third kappa shape index (κ3) is 5.03. The summed E-state index contributed by atoms with van der Waals surface area (Å²) in [5, 5.41) is 10.5. The Morgan fingerprint density at radius 1 is 1.31 bits per heavy atom. The van der Waals surface area contributed by atoms with Gasteiger partial charge in [0, 0.05) is 17.6 Å². The number of nitrogens with zero attached hydrogens (tertiary/aromatic N) is 4. The number of alkyl halides is 3. The van der Waals surface area contributed by atoms with Crippen molar-refractivity contribution in [3.63, 3.8) is 0 Å². The van der Waals surface area contributed by atoms with Crippen molar-refractivity contribution in [3.05, 3.63) is 40.9 Å². The highest BCUT2D eigenvalue weighted by Gasteiger charge is 2.38. The number of carbonyl (C=O) groups excluding carboxylic acids is 1. The summed E-state index contributed by atoms with van der Waals surface area (Å²) >= 11 is 1.23. The van der Waals surface area contributed by atoms with Crippen molar-refractivity contribution in [2.45, 2.75) is 39.9 Å². The Bertz CT molecular complexity index is 1000. The van der Waals surface area contributed by atoms with Crippen molar-refractivity contribution in [1.82, 2.24) is 25.2 Å². The van der Waals surface area contributed by atoms with Crippen molar-refractivity contribution < 1.29 is 22.5 Å². The van der Waals surface area contributed by atoms with Crippen LogP contribution in [-0.2, 0) is 6.18 Å². The van der Waals surface area contributed by atoms with Crippen LogP contribution in [0.3, 0.4) is 0 Å². The maximum Gasteiger partial charge on any atom is 0.471 e. The van der Waals surface area contributed by atoms with E-state index in [-0.39, 0.29) is 23.2 Å². The fraction of sp³-hybridized carbons (Fsp3) is 0.444. The second-order valence-corrected chi connectivity index (χ2v) is 8.87. The van der Waals surface area contributed by atoms with Gasteiger partial charge in [-0.3, -0.25) is 9.48 Å². The van der Waals surface area contributed by atoms with E-state index < -0.39 is 12.1 Å². The Morgan fingerprint density at radius 2 is 2.03 bits per heavy atom. The van der Waals surface area contributed by atoms with Crippen LogP contribution < -0.4 is 5.32 Å². The minimum Gasteiger partial charge on any atom is -0.351 e. The first kappa shape index (κ1) is 21.0. The molecule has 3 aromatic rings. The van der Waals surface area contributed by atoms with E-state index in [0.717, 1.165) is 4.88 Å². The number of nitrogens with one attached hydrogen (secondary N) is 1. The summed E-state index contributed by atoms with van der Waals surface area (Å²) in [6, 6.07) is 3.16. The molecule has 3 rings (SSSR count). The van der Waals surface area contributed by atoms with Gasteiger partial charge in [0.2, 0.25) is 5.82 Å². The largest absolute Gasteiger partial charge is 0.471 e. The van der Waals surface area contributed by atoms with Gasteiger partial charge < -0.3 is 9.84 Å². The topological polar surface area (TPSA) is 85.8 Å². The van der Waals surface area contributed by atoms with Crippen LogP contribution >= 0.6 is 11.3 Å². The van der Waals surface area contributed by atoms with E-state index in [1.54, 1.807) is 23.0 Å². The predicted molar refractivity (Wildman–Crippen MR) is 100 cm³/mol. The van der Waals surface area contributed by atoms with E-state index in [9.17, 15) is 18.0 Å². The van der Waals surface area contributed by atoms with Crippen LogP contribution in [0, 0.1) is 5.41 Å². The number of thiophene rings is 1. The minimum absolute atomic E-state index is 0.0343. The Labute approximate surface area is 168 Å². The quantitative estimate of drug-likeness (QED) is 0.652. The predicted octanol–water partition coefficient (Wildman–Crippen LogP) is 4.40. The highest BCUT2D eigenvalue weighted by molar-refractivity contribution is 7.15. The Balaban J connectivity index is 1.72. The average Bonchev–Trinajstić information content (AvgIpc) is 3.37. The summed E-state index contributed by atoms with van der Waals surface area (Å²) in [5.41, 5.74) is 0.402. The van der Waals surface area contributed by atoms with Gasteiger partial charge in [-0.1, -0.05) is 25.9 Å². The van der Waals surface area contributed by atoms with Gasteiger partial charge in [0.05, 0.1) is 22.7 Å². The Hall–Kier alpha value is -2.69. The molecule has 0 aliphatic heterocycles. The first-order valence-corrected chi connectivity index (χ1v) is 9.59. The molecule has 156 valence electrons. The lowest BCUT2D eigenvalue weighted by atomic mass is 9.97. The van der Waals surface area contributed by atoms with Crippen LogP contribution in [0.25, 0.3) is 10.7 Å². The summed E-state index contributed by atoms with van der Waals surface area (Å²) in [7, 11) is 0. The summed E-state index contributed by atoms with van der Waals surface area (Å²) in [6.07, 6.45) is -1.56. The van der Waals surface area contributed by atoms with E-state index >= 15 is 0 Å². The summed E-state index contributed by atoms with van der Waals surface area (Å²) in [4.78, 5) is 16.9. The average molecular weight is 427 g/mol. The van der Waals surface area contributed by atoms with Crippen molar-refractivity contribution in [2.75, 3.05) is 6.54 Å². The Kier molecular flexibility index (Phi) is 5.52. The summed E-state index contributed by atoms with van der Waals surface area (Å²) in [5.74, 6) is -1.71. The lowest BCUT2D eigenvalue weighted by Crippen LogP contribution is -2.32. The number of aromatic nitrogens is 4. The molecule has 3 aromatic heterocycles. The molecule has 3 heterocycles. The third-order valence-electron chi connectivity index (χ3n) is 3.97. The number of rotatable bonds is 5. The van der Waals surface area contributed by atoms with Crippen LogP contribution in [0.4, 0.5) is 13.2 Å². The van der Waals surface area contributed by atoms with Crippen LogP contribution in [0.2, 0.25) is 0 Å². The molecule has 1 amide bonds. The molecule has 11 heteroatoms. The molecule has 0 radical (unpaired) electrons. The fourth-order valence-electron chi connectivity index (χ4n) is 2.38. The van der Waals surface area contributed by atoms with Crippen LogP contribution in [-0.4, -0.2) is 32.4 Å². The van der Waals surface area contributed by atoms with E-state index in [1.165, 1.54) is 17.5 Å². The maximum atomic E-state index is 12.6. The second kappa shape index (κ2) is 7.62. The number of hydrogen-bond acceptors (Lipinski definition) is 6. The van der Waals surface area contributed by atoms with Crippen LogP contribution in [0.15, 0.2) is 29.0 Å². The molecule has 0 aromatic carbocycles. The molecular weight excluding hydrogens is 407 g/mol. The van der Waals surface area contributed by atoms with Gasteiger partial charge in [0.1, 0.15) is 0 Å². The first-order valence-electron chi connectivity index (χ1n) is 8.77. The van der Waals surface area contributed by atoms with Crippen molar-refractivity contribution in [3.8, 4) is 10.7 Å². The summed E-state index contributed by atoms with van der Waals surface area (Å²) in [6.45, 7) is 8.47. The highest BCUT2D eigenvalue weighted by Crippen LogP contribution is 2.34. The maximum absolute atomic E-state index is 12.6. The molecule has 7 nitrogen and oxygen atoms in total. The lowest BCUT2D eigenvalue weighted by Gasteiger charge is -2.18. The molecule has 29 heavy (non-hydrogen) atoms. The summed E-state index contributed by atoms with van der Waals surface area (Å²) < 4.78 is 43.8. The lowest BCUT2D eigenvalue weighted by molar-refractivity contribution is -0.159. The van der Waals surface area contributed by atoms with E-state index in [0.29, 0.717) is 17.0 Å². The highest BCUT2D eigenvalue weighted by atomic mass is 32.1. The van der Waals surface area contributed by atoms with Gasteiger partial charge in [-0.05, 0) is 24.5 Å². The standard InChI is InChI=1S/C18H20F3N5O2S/c1-10(26-8-11(7-23-26)15(27)22-9-17(2,3)4)12-5-6-13(29-12)14-24-16(28-25-14)18(19,20)21/h5-8,10H,9H2,1-4H3,(H,22,27). The fourth-order valence-corrected chi connectivity index (χ4v) is 3.36. The van der Waals surface area contributed by atoms with Crippen LogP contribution in [0.1, 0.15) is 54.9 Å². The van der Waals surface area contributed by atoms with Gasteiger partial charge in [-0.15, -0.1) is 11.3 Å². The van der Waals surface area contributed by atoms with Gasteiger partial charge in [-0.25, -0.2) is 0 Å². The van der Waals surface area contributed by atoms with Crippen molar-refractivity contribution in [2.24, 2.45) is 5.41 Å². The molecule has 0 fully saturated rings. The van der Waals surface area contributed by atoms with Gasteiger partial charge in [-0.2, -0.15) is 23.3 Å². The molecule has 0 saturated heterocycles. The zero-order chi connectivity index (χ0) is 21.4. The van der Waals surface area contributed by atoms with E-state index in [1.807, 2.05) is 27.7 Å². The molecule has 0 aliphatic rings. The Morgan fingerprint density at radius 3 is 2.66 bits per heavy atom. The molecule has 0 saturated carbocycles. The molecule has 1 unspecified atom stereocenters. The zero-order valence-electron chi connectivity index (χ0n) is 16.2. The normalized spacial score (nSPS) is 13.5. The van der Waals surface area contributed by atoms with E-state index in [2.05, 4.69) is 25.1 Å². The monoisotopic (exact) mass is 427 g/mol. The molecule has 0 bridgehead atoms. The van der Waals surface area contributed by atoms with Gasteiger partial charge >= 0.3 is 12.1 Å². The van der Waals surface area contributed by atoms with E-state index in [4.69, 9.17) is 0 Å². The molecule has 1 N–H and O–H groups in total. The molecular formula is C18H20F3N5O2S. The van der Waals surface area contributed by atoms with Crippen molar-refractivity contribution >= 4 is 17.2 Å². The van der Waals surface area contributed by atoms with Gasteiger partial charge in [0.15, 0.2) is 0 Å². The second-order valence-electron chi connectivity index (χ2n) is 7.75. The van der Waals surface area contributed by atoms with Crippen LogP contribution in [0.5, 0.6) is 0 Å². The SMILES string of the molecule is CC(c1ccc(-c2noc(C(F)(F)F)n2)s1)n1cc(C(=O)NCC(C)(C)C)cn1. The minimum atomic E-state index is -4.68. The van der Waals surface area contributed by atoms with Crippen molar-refractivity contribution in [1.29, 1.82) is 0 Å². The molecule has 0 spiro atoms. The smallest absolute Gasteiger partial charge is 0.351 e. The first-order chi connectivity index (χ1) is 13.4. The molecule has 0 aliphatic carbocycles. The number of halogens is 3. The zero-order valence-corrected chi connectivity index (χ0v) is 17.1. The van der Waals surface area contributed by atoms with Gasteiger partial charge in [0.25, 0.3) is 5.91 Å². The number of carbonyl (C=O) groups is 1.